The summed E-state index contributed by atoms with van der Waals surface area (Å²) in [5.41, 5.74) is 2.11. The highest BCUT2D eigenvalue weighted by molar-refractivity contribution is 5.85. The Balaban J connectivity index is 1.77. The first-order valence-corrected chi connectivity index (χ1v) is 9.30. The van der Waals surface area contributed by atoms with Gasteiger partial charge in [-0.3, -0.25) is 9.59 Å². The molecule has 2 aromatic rings. The number of methoxy groups -OCH3 is 1. The van der Waals surface area contributed by atoms with E-state index in [9.17, 15) is 14.4 Å². The average molecular weight is 382 g/mol. The Morgan fingerprint density at radius 2 is 1.32 bits per heavy atom. The number of hydrogen-bond donors (Lipinski definition) is 2. The number of carbonyl (C=O) groups is 3. The number of rotatable bonds is 10. The van der Waals surface area contributed by atoms with Crippen molar-refractivity contribution < 1.29 is 19.1 Å². The number of aryl methyl sites for hydroxylation is 2. The second-order valence-electron chi connectivity index (χ2n) is 6.42. The van der Waals surface area contributed by atoms with E-state index in [0.717, 1.165) is 11.1 Å². The van der Waals surface area contributed by atoms with Crippen molar-refractivity contribution in [2.45, 2.75) is 31.7 Å². The third kappa shape index (κ3) is 7.61. The van der Waals surface area contributed by atoms with Crippen LogP contribution < -0.4 is 10.6 Å². The number of nitrogens with one attached hydrogen (secondary N) is 2. The van der Waals surface area contributed by atoms with E-state index in [1.165, 1.54) is 7.11 Å². The van der Waals surface area contributed by atoms with Gasteiger partial charge in [0.15, 0.2) is 0 Å². The zero-order valence-corrected chi connectivity index (χ0v) is 16.0. The van der Waals surface area contributed by atoms with Gasteiger partial charge in [-0.1, -0.05) is 60.7 Å². The fourth-order valence-electron chi connectivity index (χ4n) is 2.71. The average Bonchev–Trinajstić information content (AvgIpc) is 2.74. The molecule has 2 rings (SSSR count). The van der Waals surface area contributed by atoms with Gasteiger partial charge in [0.05, 0.1) is 7.11 Å². The first-order valence-electron chi connectivity index (χ1n) is 9.30. The second kappa shape index (κ2) is 11.5. The van der Waals surface area contributed by atoms with Gasteiger partial charge in [0.2, 0.25) is 11.8 Å². The molecule has 6 nitrogen and oxygen atoms in total. The molecule has 2 aromatic carbocycles. The molecule has 2 N–H and O–H groups in total. The van der Waals surface area contributed by atoms with E-state index in [1.54, 1.807) is 0 Å². The molecule has 28 heavy (non-hydrogen) atoms. The van der Waals surface area contributed by atoms with Crippen molar-refractivity contribution in [2.24, 2.45) is 0 Å². The second-order valence-corrected chi connectivity index (χ2v) is 6.42. The molecule has 0 aliphatic rings. The lowest BCUT2D eigenvalue weighted by Gasteiger charge is -2.17. The fraction of sp³-hybridized carbons (Fsp3) is 0.318. The first kappa shape index (κ1) is 21.2. The highest BCUT2D eigenvalue weighted by Gasteiger charge is 2.22. The van der Waals surface area contributed by atoms with Crippen molar-refractivity contribution in [3.8, 4) is 0 Å². The summed E-state index contributed by atoms with van der Waals surface area (Å²) in [6.45, 7) is -0.00261. The number of esters is 1. The molecule has 6 heteroatoms. The maximum absolute atomic E-state index is 12.2. The monoisotopic (exact) mass is 382 g/mol. The highest BCUT2D eigenvalue weighted by atomic mass is 16.5. The third-order valence-electron chi connectivity index (χ3n) is 4.29. The highest BCUT2D eigenvalue weighted by Crippen LogP contribution is 2.04. The molecule has 0 spiro atoms. The standard InChI is InChI=1S/C22H26N2O4/c1-28-22(27)19(24-21(26)15-13-18-10-6-3-7-11-18)16-23-20(25)14-12-17-8-4-2-5-9-17/h2-11,19H,12-16H2,1H3,(H,23,25)(H,24,26). The van der Waals surface area contributed by atoms with Gasteiger partial charge in [0.25, 0.3) is 0 Å². The SMILES string of the molecule is COC(=O)C(CNC(=O)CCc1ccccc1)NC(=O)CCc1ccccc1. The molecule has 0 aromatic heterocycles. The number of ether oxygens (including phenoxy) is 1. The number of carbonyl (C=O) groups excluding carboxylic acids is 3. The van der Waals surface area contributed by atoms with Crippen LogP contribution in [0.5, 0.6) is 0 Å². The molecule has 0 heterocycles. The molecule has 1 unspecified atom stereocenters. The summed E-state index contributed by atoms with van der Waals surface area (Å²) in [6.07, 6.45) is 1.74. The summed E-state index contributed by atoms with van der Waals surface area (Å²) in [6, 6.07) is 18.4. The van der Waals surface area contributed by atoms with Gasteiger partial charge < -0.3 is 15.4 Å². The van der Waals surface area contributed by atoms with Crippen molar-refractivity contribution in [3.63, 3.8) is 0 Å². The van der Waals surface area contributed by atoms with Crippen LogP contribution in [0.4, 0.5) is 0 Å². The maximum atomic E-state index is 12.2. The van der Waals surface area contributed by atoms with Crippen molar-refractivity contribution in [1.29, 1.82) is 0 Å². The Morgan fingerprint density at radius 1 is 0.821 bits per heavy atom. The van der Waals surface area contributed by atoms with Crippen LogP contribution in [-0.4, -0.2) is 37.5 Å². The minimum Gasteiger partial charge on any atom is -0.467 e. The summed E-state index contributed by atoms with van der Waals surface area (Å²) in [5.74, 6) is -1.04. The molecule has 148 valence electrons. The van der Waals surface area contributed by atoms with Gasteiger partial charge in [0, 0.05) is 19.4 Å². The van der Waals surface area contributed by atoms with Gasteiger partial charge in [-0.05, 0) is 24.0 Å². The molecular weight excluding hydrogens is 356 g/mol. The minimum atomic E-state index is -0.908. The van der Waals surface area contributed by atoms with Crippen molar-refractivity contribution in [2.75, 3.05) is 13.7 Å². The molecule has 0 aliphatic carbocycles. The van der Waals surface area contributed by atoms with Crippen LogP contribution in [0, 0.1) is 0 Å². The quantitative estimate of drug-likeness (QED) is 0.616. The fourth-order valence-corrected chi connectivity index (χ4v) is 2.71. The summed E-state index contributed by atoms with van der Waals surface area (Å²) in [7, 11) is 1.25. The topological polar surface area (TPSA) is 84.5 Å². The Labute approximate surface area is 165 Å². The lowest BCUT2D eigenvalue weighted by molar-refractivity contribution is -0.145. The van der Waals surface area contributed by atoms with Gasteiger partial charge in [-0.2, -0.15) is 0 Å². The zero-order chi connectivity index (χ0) is 20.2. The van der Waals surface area contributed by atoms with Gasteiger partial charge in [-0.15, -0.1) is 0 Å². The van der Waals surface area contributed by atoms with E-state index in [1.807, 2.05) is 60.7 Å². The molecule has 0 saturated heterocycles. The van der Waals surface area contributed by atoms with Crippen molar-refractivity contribution in [3.05, 3.63) is 71.8 Å². The zero-order valence-electron chi connectivity index (χ0n) is 16.0. The van der Waals surface area contributed by atoms with Crippen LogP contribution in [0.2, 0.25) is 0 Å². The third-order valence-corrected chi connectivity index (χ3v) is 4.29. The van der Waals surface area contributed by atoms with Crippen LogP contribution in [0.3, 0.4) is 0 Å². The Bertz CT molecular complexity index is 763. The van der Waals surface area contributed by atoms with E-state index in [2.05, 4.69) is 10.6 Å². The van der Waals surface area contributed by atoms with E-state index in [0.29, 0.717) is 19.3 Å². The van der Waals surface area contributed by atoms with E-state index in [-0.39, 0.29) is 24.8 Å². The smallest absolute Gasteiger partial charge is 0.330 e. The van der Waals surface area contributed by atoms with Crippen LogP contribution in [0.15, 0.2) is 60.7 Å². The molecule has 1 atom stereocenters. The Hall–Kier alpha value is -3.15. The van der Waals surface area contributed by atoms with Gasteiger partial charge >= 0.3 is 5.97 Å². The van der Waals surface area contributed by atoms with E-state index < -0.39 is 12.0 Å². The van der Waals surface area contributed by atoms with Crippen molar-refractivity contribution in [1.82, 2.24) is 10.6 Å². The van der Waals surface area contributed by atoms with E-state index >= 15 is 0 Å². The predicted molar refractivity (Wildman–Crippen MR) is 106 cm³/mol. The summed E-state index contributed by atoms with van der Waals surface area (Å²) in [4.78, 5) is 36.1. The molecule has 0 saturated carbocycles. The minimum absolute atomic E-state index is 0.00261. The lowest BCUT2D eigenvalue weighted by Crippen LogP contribution is -2.49. The molecule has 0 aliphatic heterocycles. The number of amides is 2. The lowest BCUT2D eigenvalue weighted by atomic mass is 10.1. The first-order chi connectivity index (χ1) is 13.6. The summed E-state index contributed by atoms with van der Waals surface area (Å²) < 4.78 is 4.73. The van der Waals surface area contributed by atoms with Gasteiger partial charge in [-0.25, -0.2) is 4.79 Å². The number of benzene rings is 2. The maximum Gasteiger partial charge on any atom is 0.330 e. The largest absolute Gasteiger partial charge is 0.467 e. The molecule has 0 fully saturated rings. The van der Waals surface area contributed by atoms with Crippen LogP contribution in [0.1, 0.15) is 24.0 Å². The van der Waals surface area contributed by atoms with Crippen LogP contribution in [0.25, 0.3) is 0 Å². The summed E-state index contributed by atoms with van der Waals surface area (Å²) in [5, 5.41) is 5.33. The Kier molecular flexibility index (Phi) is 8.72. The molecule has 0 bridgehead atoms. The van der Waals surface area contributed by atoms with E-state index in [4.69, 9.17) is 4.74 Å². The van der Waals surface area contributed by atoms with Crippen LogP contribution >= 0.6 is 0 Å². The summed E-state index contributed by atoms with van der Waals surface area (Å²) >= 11 is 0. The molecule has 2 amide bonds. The Morgan fingerprint density at radius 3 is 1.82 bits per heavy atom. The van der Waals surface area contributed by atoms with Crippen LogP contribution in [-0.2, 0) is 32.0 Å². The molecular formula is C22H26N2O4. The van der Waals surface area contributed by atoms with Crippen molar-refractivity contribution >= 4 is 17.8 Å². The normalized spacial score (nSPS) is 11.3. The van der Waals surface area contributed by atoms with Gasteiger partial charge in [0.1, 0.15) is 6.04 Å². The predicted octanol–water partition coefficient (Wildman–Crippen LogP) is 2.03. The number of hydrogen-bond acceptors (Lipinski definition) is 4. The molecule has 0 radical (unpaired) electrons.